The Morgan fingerprint density at radius 1 is 1.26 bits per heavy atom. The van der Waals surface area contributed by atoms with E-state index in [1.807, 2.05) is 31.2 Å². The molecule has 0 fully saturated rings. The van der Waals surface area contributed by atoms with E-state index < -0.39 is 0 Å². The Labute approximate surface area is 116 Å². The molecule has 0 aliphatic carbocycles. The van der Waals surface area contributed by atoms with Crippen molar-refractivity contribution in [2.24, 2.45) is 5.92 Å². The first-order chi connectivity index (χ1) is 9.08. The van der Waals surface area contributed by atoms with Gasteiger partial charge >= 0.3 is 0 Å². The Hall–Kier alpha value is -1.51. The normalized spacial score (nSPS) is 12.4. The maximum Gasteiger partial charge on any atom is 0.223 e. The maximum absolute atomic E-state index is 12.2. The topological polar surface area (TPSA) is 55.1 Å². The Kier molecular flexibility index (Phi) is 6.40. The first-order valence-electron chi connectivity index (χ1n) is 7.24. The quantitative estimate of drug-likeness (QED) is 0.737. The predicted octanol–water partition coefficient (Wildman–Crippen LogP) is 3.66. The van der Waals surface area contributed by atoms with E-state index in [-0.39, 0.29) is 17.9 Å². The van der Waals surface area contributed by atoms with Crippen molar-refractivity contribution in [3.63, 3.8) is 0 Å². The third kappa shape index (κ3) is 4.93. The zero-order valence-corrected chi connectivity index (χ0v) is 12.3. The number of hydrogen-bond donors (Lipinski definition) is 2. The first-order valence-corrected chi connectivity index (χ1v) is 7.24. The summed E-state index contributed by atoms with van der Waals surface area (Å²) in [7, 11) is 0. The fraction of sp³-hybridized carbons (Fsp3) is 0.562. The summed E-state index contributed by atoms with van der Waals surface area (Å²) in [6, 6.07) is 7.69. The van der Waals surface area contributed by atoms with Crippen LogP contribution in [0.15, 0.2) is 24.3 Å². The Morgan fingerprint density at radius 3 is 2.42 bits per heavy atom. The second-order valence-electron chi connectivity index (χ2n) is 5.17. The van der Waals surface area contributed by atoms with Crippen LogP contribution in [0.4, 0.5) is 5.69 Å². The van der Waals surface area contributed by atoms with Crippen LogP contribution in [0, 0.1) is 5.92 Å². The zero-order chi connectivity index (χ0) is 14.3. The van der Waals surface area contributed by atoms with E-state index >= 15 is 0 Å². The summed E-state index contributed by atoms with van der Waals surface area (Å²) in [6.45, 7) is 6.25. The number of nitrogen functional groups attached to an aromatic ring is 1. The van der Waals surface area contributed by atoms with Gasteiger partial charge in [0, 0.05) is 11.6 Å². The molecule has 0 saturated carbocycles. The molecule has 0 spiro atoms. The van der Waals surface area contributed by atoms with Crippen LogP contribution in [0.2, 0.25) is 0 Å². The molecule has 0 saturated heterocycles. The standard InChI is InChI=1S/C16H26N2O/c1-4-7-13(8-5-2)16(19)18-12(3)14-9-6-10-15(17)11-14/h6,9-13H,4-5,7-8,17H2,1-3H3,(H,18,19). The van der Waals surface area contributed by atoms with Crippen LogP contribution in [0.1, 0.15) is 58.1 Å². The molecular weight excluding hydrogens is 236 g/mol. The molecule has 1 aromatic rings. The number of anilines is 1. The molecule has 3 nitrogen and oxygen atoms in total. The fourth-order valence-corrected chi connectivity index (χ4v) is 2.35. The lowest BCUT2D eigenvalue weighted by atomic mass is 9.96. The molecule has 1 unspecified atom stereocenters. The Balaban J connectivity index is 2.64. The molecule has 1 aromatic carbocycles. The van der Waals surface area contributed by atoms with E-state index in [4.69, 9.17) is 5.73 Å². The van der Waals surface area contributed by atoms with Gasteiger partial charge in [-0.15, -0.1) is 0 Å². The smallest absolute Gasteiger partial charge is 0.223 e. The van der Waals surface area contributed by atoms with Crippen LogP contribution in [0.3, 0.4) is 0 Å². The highest BCUT2D eigenvalue weighted by atomic mass is 16.1. The molecule has 0 aliphatic heterocycles. The first kappa shape index (κ1) is 15.5. The maximum atomic E-state index is 12.2. The second-order valence-corrected chi connectivity index (χ2v) is 5.17. The molecule has 0 bridgehead atoms. The summed E-state index contributed by atoms with van der Waals surface area (Å²) in [5, 5.41) is 3.10. The third-order valence-electron chi connectivity index (χ3n) is 3.41. The molecule has 1 atom stereocenters. The van der Waals surface area contributed by atoms with Crippen LogP contribution in [-0.2, 0) is 4.79 Å². The molecule has 19 heavy (non-hydrogen) atoms. The monoisotopic (exact) mass is 262 g/mol. The SMILES string of the molecule is CCCC(CCC)C(=O)NC(C)c1cccc(N)c1. The Bertz CT molecular complexity index is 397. The van der Waals surface area contributed by atoms with Crippen LogP contribution in [0.25, 0.3) is 0 Å². The number of amides is 1. The van der Waals surface area contributed by atoms with Gasteiger partial charge in [-0.2, -0.15) is 0 Å². The Morgan fingerprint density at radius 2 is 1.89 bits per heavy atom. The van der Waals surface area contributed by atoms with E-state index in [1.165, 1.54) is 0 Å². The van der Waals surface area contributed by atoms with Crippen molar-refractivity contribution in [2.75, 3.05) is 5.73 Å². The molecule has 0 radical (unpaired) electrons. The van der Waals surface area contributed by atoms with E-state index in [2.05, 4.69) is 19.2 Å². The number of hydrogen-bond acceptors (Lipinski definition) is 2. The molecule has 0 aliphatic rings. The summed E-state index contributed by atoms with van der Waals surface area (Å²) in [4.78, 5) is 12.2. The lowest BCUT2D eigenvalue weighted by Crippen LogP contribution is -2.32. The average molecular weight is 262 g/mol. The van der Waals surface area contributed by atoms with Gasteiger partial charge in [0.2, 0.25) is 5.91 Å². The van der Waals surface area contributed by atoms with Crippen molar-refractivity contribution in [1.82, 2.24) is 5.32 Å². The minimum atomic E-state index is 0.00668. The van der Waals surface area contributed by atoms with E-state index in [0.29, 0.717) is 0 Å². The lowest BCUT2D eigenvalue weighted by Gasteiger charge is -2.20. The number of nitrogens with two attached hydrogens (primary N) is 1. The molecule has 1 amide bonds. The summed E-state index contributed by atoms with van der Waals surface area (Å²) in [5.74, 6) is 0.303. The summed E-state index contributed by atoms with van der Waals surface area (Å²) in [5.41, 5.74) is 7.56. The molecule has 0 heterocycles. The van der Waals surface area contributed by atoms with Crippen molar-refractivity contribution in [3.05, 3.63) is 29.8 Å². The van der Waals surface area contributed by atoms with E-state index in [1.54, 1.807) is 0 Å². The largest absolute Gasteiger partial charge is 0.399 e. The van der Waals surface area contributed by atoms with Gasteiger partial charge in [0.15, 0.2) is 0 Å². The number of nitrogens with one attached hydrogen (secondary N) is 1. The second kappa shape index (κ2) is 7.82. The van der Waals surface area contributed by atoms with E-state index in [9.17, 15) is 4.79 Å². The van der Waals surface area contributed by atoms with Gasteiger partial charge in [0.05, 0.1) is 6.04 Å². The molecule has 0 aromatic heterocycles. The molecule has 106 valence electrons. The molecule has 3 heteroatoms. The minimum absolute atomic E-state index is 0.00668. The van der Waals surface area contributed by atoms with Gasteiger partial charge in [0.25, 0.3) is 0 Å². The van der Waals surface area contributed by atoms with Gasteiger partial charge < -0.3 is 11.1 Å². The van der Waals surface area contributed by atoms with E-state index in [0.717, 1.165) is 36.9 Å². The van der Waals surface area contributed by atoms with Crippen LogP contribution < -0.4 is 11.1 Å². The van der Waals surface area contributed by atoms with Gasteiger partial charge in [-0.05, 0) is 37.5 Å². The van der Waals surface area contributed by atoms with Crippen molar-refractivity contribution in [2.45, 2.75) is 52.5 Å². The van der Waals surface area contributed by atoms with Gasteiger partial charge in [-0.1, -0.05) is 38.8 Å². The van der Waals surface area contributed by atoms with Crippen molar-refractivity contribution < 1.29 is 4.79 Å². The van der Waals surface area contributed by atoms with Gasteiger partial charge in [-0.25, -0.2) is 0 Å². The lowest BCUT2D eigenvalue weighted by molar-refractivity contribution is -0.126. The van der Waals surface area contributed by atoms with Crippen LogP contribution in [-0.4, -0.2) is 5.91 Å². The van der Waals surface area contributed by atoms with Crippen molar-refractivity contribution >= 4 is 11.6 Å². The molecular formula is C16H26N2O. The predicted molar refractivity (Wildman–Crippen MR) is 80.7 cm³/mol. The number of benzene rings is 1. The average Bonchev–Trinajstić information content (AvgIpc) is 2.38. The highest BCUT2D eigenvalue weighted by Crippen LogP contribution is 2.18. The number of carbonyl (C=O) groups is 1. The zero-order valence-electron chi connectivity index (χ0n) is 12.3. The fourth-order valence-electron chi connectivity index (χ4n) is 2.35. The summed E-state index contributed by atoms with van der Waals surface area (Å²) >= 11 is 0. The molecule has 3 N–H and O–H groups in total. The third-order valence-corrected chi connectivity index (χ3v) is 3.41. The molecule has 1 rings (SSSR count). The van der Waals surface area contributed by atoms with Crippen LogP contribution in [0.5, 0.6) is 0 Å². The highest BCUT2D eigenvalue weighted by Gasteiger charge is 2.18. The number of carbonyl (C=O) groups excluding carboxylic acids is 1. The van der Waals surface area contributed by atoms with Crippen molar-refractivity contribution in [3.8, 4) is 0 Å². The van der Waals surface area contributed by atoms with Crippen molar-refractivity contribution in [1.29, 1.82) is 0 Å². The van der Waals surface area contributed by atoms with Gasteiger partial charge in [0.1, 0.15) is 0 Å². The van der Waals surface area contributed by atoms with Gasteiger partial charge in [-0.3, -0.25) is 4.79 Å². The highest BCUT2D eigenvalue weighted by molar-refractivity contribution is 5.79. The van der Waals surface area contributed by atoms with Crippen LogP contribution >= 0.6 is 0 Å². The number of rotatable bonds is 7. The summed E-state index contributed by atoms with van der Waals surface area (Å²) < 4.78 is 0. The summed E-state index contributed by atoms with van der Waals surface area (Å²) in [6.07, 6.45) is 4.02. The minimum Gasteiger partial charge on any atom is -0.399 e.